The summed E-state index contributed by atoms with van der Waals surface area (Å²) in [7, 11) is 0. The van der Waals surface area contributed by atoms with Crippen molar-refractivity contribution in [1.29, 1.82) is 0 Å². The molecule has 2 rings (SSSR count). The number of amidine groups is 1. The van der Waals surface area contributed by atoms with E-state index in [4.69, 9.17) is 17.3 Å². The van der Waals surface area contributed by atoms with Crippen LogP contribution in [0.3, 0.4) is 0 Å². The van der Waals surface area contributed by atoms with Crippen LogP contribution in [0.4, 0.5) is 5.69 Å². The van der Waals surface area contributed by atoms with Gasteiger partial charge < -0.3 is 5.73 Å². The third kappa shape index (κ3) is 4.21. The lowest BCUT2D eigenvalue weighted by molar-refractivity contribution is 0.902. The Bertz CT molecular complexity index is 623. The molecule has 0 saturated carbocycles. The Morgan fingerprint density at radius 2 is 1.95 bits per heavy atom. The zero-order valence-electron chi connectivity index (χ0n) is 11.3. The first-order valence-corrected chi connectivity index (χ1v) is 7.41. The summed E-state index contributed by atoms with van der Waals surface area (Å²) in [5.74, 6) is 0.619. The van der Waals surface area contributed by atoms with Crippen LogP contribution in [-0.4, -0.2) is 21.7 Å². The minimum Gasteiger partial charge on any atom is -0.386 e. The molecule has 0 saturated heterocycles. The van der Waals surface area contributed by atoms with Gasteiger partial charge in [-0.3, -0.25) is 0 Å². The van der Waals surface area contributed by atoms with Gasteiger partial charge in [0.25, 0.3) is 0 Å². The molecule has 0 spiro atoms. The highest BCUT2D eigenvalue weighted by atomic mass is 35.5. The van der Waals surface area contributed by atoms with Crippen molar-refractivity contribution < 1.29 is 0 Å². The molecule has 2 N–H and O–H groups in total. The van der Waals surface area contributed by atoms with E-state index in [1.54, 1.807) is 0 Å². The van der Waals surface area contributed by atoms with Crippen molar-refractivity contribution in [2.45, 2.75) is 23.9 Å². The van der Waals surface area contributed by atoms with Gasteiger partial charge in [0.1, 0.15) is 5.84 Å². The zero-order valence-corrected chi connectivity index (χ0v) is 12.9. The van der Waals surface area contributed by atoms with Gasteiger partial charge in [-0.25, -0.2) is 15.0 Å². The summed E-state index contributed by atoms with van der Waals surface area (Å²) in [5.41, 5.74) is 8.33. The van der Waals surface area contributed by atoms with E-state index in [9.17, 15) is 0 Å². The lowest BCUT2D eigenvalue weighted by atomic mass is 10.3. The molecule has 0 bridgehead atoms. The predicted octanol–water partition coefficient (Wildman–Crippen LogP) is 3.47. The quantitative estimate of drug-likeness (QED) is 0.406. The van der Waals surface area contributed by atoms with Gasteiger partial charge in [0.15, 0.2) is 5.16 Å². The molecule has 4 nitrogen and oxygen atoms in total. The van der Waals surface area contributed by atoms with Crippen LogP contribution in [0.15, 0.2) is 45.4 Å². The van der Waals surface area contributed by atoms with Crippen LogP contribution < -0.4 is 5.73 Å². The van der Waals surface area contributed by atoms with Crippen molar-refractivity contribution >= 4 is 34.9 Å². The van der Waals surface area contributed by atoms with Crippen molar-refractivity contribution in [2.75, 3.05) is 5.88 Å². The summed E-state index contributed by atoms with van der Waals surface area (Å²) >= 11 is 7.12. The topological polar surface area (TPSA) is 64.2 Å². The van der Waals surface area contributed by atoms with Crippen LogP contribution in [0.2, 0.25) is 0 Å². The van der Waals surface area contributed by atoms with E-state index in [0.717, 1.165) is 27.1 Å². The summed E-state index contributed by atoms with van der Waals surface area (Å²) in [6, 6.07) is 9.68. The average molecular weight is 307 g/mol. The Labute approximate surface area is 127 Å². The number of benzene rings is 1. The maximum absolute atomic E-state index is 5.63. The number of aromatic nitrogens is 2. The number of hydrogen-bond donors (Lipinski definition) is 1. The number of rotatable bonds is 4. The summed E-state index contributed by atoms with van der Waals surface area (Å²) in [6.07, 6.45) is 0. The first-order chi connectivity index (χ1) is 9.56. The van der Waals surface area contributed by atoms with Crippen LogP contribution in [0, 0.1) is 13.8 Å². The molecule has 6 heteroatoms. The van der Waals surface area contributed by atoms with Crippen molar-refractivity contribution in [3.8, 4) is 0 Å². The van der Waals surface area contributed by atoms with E-state index in [-0.39, 0.29) is 5.88 Å². The maximum atomic E-state index is 5.63. The summed E-state index contributed by atoms with van der Waals surface area (Å²) < 4.78 is 0. The van der Waals surface area contributed by atoms with E-state index in [1.807, 2.05) is 44.2 Å². The summed E-state index contributed by atoms with van der Waals surface area (Å²) in [6.45, 7) is 3.92. The monoisotopic (exact) mass is 306 g/mol. The highest BCUT2D eigenvalue weighted by molar-refractivity contribution is 7.99. The van der Waals surface area contributed by atoms with Gasteiger partial charge in [-0.2, -0.15) is 0 Å². The zero-order chi connectivity index (χ0) is 14.5. The minimum absolute atomic E-state index is 0.220. The van der Waals surface area contributed by atoms with Gasteiger partial charge in [-0.1, -0.05) is 6.07 Å². The highest BCUT2D eigenvalue weighted by Crippen LogP contribution is 2.28. The molecule has 0 aliphatic carbocycles. The van der Waals surface area contributed by atoms with Crippen LogP contribution in [0.25, 0.3) is 0 Å². The maximum Gasteiger partial charge on any atom is 0.192 e. The average Bonchev–Trinajstić information content (AvgIpc) is 2.37. The molecule has 1 aromatic carbocycles. The number of alkyl halides is 1. The van der Waals surface area contributed by atoms with Crippen molar-refractivity contribution in [2.24, 2.45) is 10.7 Å². The number of hydrogen-bond acceptors (Lipinski definition) is 4. The second-order valence-corrected chi connectivity index (χ2v) is 5.58. The summed E-state index contributed by atoms with van der Waals surface area (Å²) in [4.78, 5) is 14.0. The molecule has 1 heterocycles. The molecular formula is C14H15ClN4S. The molecular weight excluding hydrogens is 292 g/mol. The molecule has 1 aromatic heterocycles. The SMILES string of the molecule is Cc1cc(C)nc(Sc2cccc(N=C(N)CCl)c2)n1. The van der Waals surface area contributed by atoms with Gasteiger partial charge in [0.2, 0.25) is 0 Å². The van der Waals surface area contributed by atoms with Gasteiger partial charge in [0, 0.05) is 16.3 Å². The van der Waals surface area contributed by atoms with Crippen LogP contribution in [-0.2, 0) is 0 Å². The van der Waals surface area contributed by atoms with Crippen molar-refractivity contribution in [3.05, 3.63) is 41.7 Å². The van der Waals surface area contributed by atoms with Crippen LogP contribution in [0.1, 0.15) is 11.4 Å². The molecule has 2 aromatic rings. The number of halogens is 1. The smallest absolute Gasteiger partial charge is 0.192 e. The molecule has 0 radical (unpaired) electrons. The number of aliphatic imine (C=N–C) groups is 1. The second-order valence-electron chi connectivity index (χ2n) is 4.27. The third-order valence-corrected chi connectivity index (χ3v) is 3.53. The Morgan fingerprint density at radius 1 is 1.25 bits per heavy atom. The highest BCUT2D eigenvalue weighted by Gasteiger charge is 2.03. The fourth-order valence-electron chi connectivity index (χ4n) is 1.66. The Kier molecular flexibility index (Phi) is 4.98. The Morgan fingerprint density at radius 3 is 2.60 bits per heavy atom. The first-order valence-electron chi connectivity index (χ1n) is 6.06. The van der Waals surface area contributed by atoms with Crippen LogP contribution in [0.5, 0.6) is 0 Å². The third-order valence-electron chi connectivity index (χ3n) is 2.40. The second kappa shape index (κ2) is 6.72. The standard InChI is InChI=1S/C14H15ClN4S/c1-9-6-10(2)18-14(17-9)20-12-5-3-4-11(7-12)19-13(16)8-15/h3-7H,8H2,1-2H3,(H2,16,19). The van der Waals surface area contributed by atoms with Gasteiger partial charge >= 0.3 is 0 Å². The Hall–Kier alpha value is -1.59. The summed E-state index contributed by atoms with van der Waals surface area (Å²) in [5, 5.41) is 0.731. The molecule has 20 heavy (non-hydrogen) atoms. The molecule has 0 amide bonds. The van der Waals surface area contributed by atoms with Crippen molar-refractivity contribution in [1.82, 2.24) is 9.97 Å². The van der Waals surface area contributed by atoms with Crippen LogP contribution >= 0.6 is 23.4 Å². The molecule has 0 fully saturated rings. The normalized spacial score (nSPS) is 11.7. The fourth-order valence-corrected chi connectivity index (χ4v) is 2.63. The lowest BCUT2D eigenvalue weighted by Crippen LogP contribution is -2.12. The lowest BCUT2D eigenvalue weighted by Gasteiger charge is -2.04. The molecule has 0 aliphatic rings. The molecule has 104 valence electrons. The minimum atomic E-state index is 0.220. The fraction of sp³-hybridized carbons (Fsp3) is 0.214. The first kappa shape index (κ1) is 14.8. The molecule has 0 aliphatic heterocycles. The number of nitrogens with zero attached hydrogens (tertiary/aromatic N) is 3. The van der Waals surface area contributed by atoms with E-state index in [1.165, 1.54) is 11.8 Å². The molecule has 0 unspecified atom stereocenters. The van der Waals surface area contributed by atoms with Gasteiger partial charge in [-0.05, 0) is 49.9 Å². The van der Waals surface area contributed by atoms with E-state index in [2.05, 4.69) is 15.0 Å². The van der Waals surface area contributed by atoms with Gasteiger partial charge in [0.05, 0.1) is 11.6 Å². The van der Waals surface area contributed by atoms with Crippen molar-refractivity contribution in [3.63, 3.8) is 0 Å². The predicted molar refractivity (Wildman–Crippen MR) is 84.1 cm³/mol. The Balaban J connectivity index is 2.23. The number of nitrogens with two attached hydrogens (primary N) is 1. The largest absolute Gasteiger partial charge is 0.386 e. The van der Waals surface area contributed by atoms with E-state index in [0.29, 0.717) is 5.84 Å². The number of aryl methyl sites for hydroxylation is 2. The van der Waals surface area contributed by atoms with E-state index >= 15 is 0 Å². The van der Waals surface area contributed by atoms with Gasteiger partial charge in [-0.15, -0.1) is 11.6 Å². The molecule has 0 atom stereocenters. The van der Waals surface area contributed by atoms with E-state index < -0.39 is 0 Å².